The lowest BCUT2D eigenvalue weighted by Crippen LogP contribution is -2.07. The number of nitrogens with zero attached hydrogens (tertiary/aromatic N) is 1. The smallest absolute Gasteiger partial charge is 0.0847 e. The molecule has 1 aliphatic heterocycles. The number of hydrogen-bond acceptors (Lipinski definition) is 3. The van der Waals surface area contributed by atoms with Crippen LogP contribution in [0.2, 0.25) is 0 Å². The van der Waals surface area contributed by atoms with Crippen molar-refractivity contribution in [3.8, 4) is 0 Å². The minimum absolute atomic E-state index is 0.0640. The van der Waals surface area contributed by atoms with Gasteiger partial charge in [0, 0.05) is 5.92 Å². The molecule has 0 amide bonds. The van der Waals surface area contributed by atoms with Crippen LogP contribution in [-0.4, -0.2) is 26.8 Å². The highest BCUT2D eigenvalue weighted by Crippen LogP contribution is 2.30. The predicted molar refractivity (Wildman–Crippen MR) is 53.8 cm³/mol. The summed E-state index contributed by atoms with van der Waals surface area (Å²) in [7, 11) is 0. The van der Waals surface area contributed by atoms with Crippen LogP contribution in [0.3, 0.4) is 0 Å². The van der Waals surface area contributed by atoms with Gasteiger partial charge >= 0.3 is 0 Å². The number of aromatic amines is 1. The van der Waals surface area contributed by atoms with Crippen LogP contribution in [0.4, 0.5) is 0 Å². The standard InChI is InChI=1S/C9H14N2OS/c12-6-8-5-9(11-10-8)7-1-3-13-4-2-7/h5,7,12H,1-4,6H2,(H,10,11). The van der Waals surface area contributed by atoms with Crippen molar-refractivity contribution in [3.05, 3.63) is 17.5 Å². The Labute approximate surface area is 81.9 Å². The highest BCUT2D eigenvalue weighted by atomic mass is 32.2. The fraction of sp³-hybridized carbons (Fsp3) is 0.667. The zero-order valence-electron chi connectivity index (χ0n) is 7.49. The lowest BCUT2D eigenvalue weighted by Gasteiger charge is -2.18. The van der Waals surface area contributed by atoms with Crippen LogP contribution in [0.25, 0.3) is 0 Å². The van der Waals surface area contributed by atoms with Gasteiger partial charge in [-0.2, -0.15) is 16.9 Å². The van der Waals surface area contributed by atoms with E-state index in [9.17, 15) is 0 Å². The van der Waals surface area contributed by atoms with Gasteiger partial charge in [-0.15, -0.1) is 0 Å². The molecule has 13 heavy (non-hydrogen) atoms. The molecule has 1 fully saturated rings. The second kappa shape index (κ2) is 4.15. The largest absolute Gasteiger partial charge is 0.390 e. The third kappa shape index (κ3) is 2.06. The van der Waals surface area contributed by atoms with Gasteiger partial charge in [0.05, 0.1) is 18.0 Å². The number of nitrogens with one attached hydrogen (secondary N) is 1. The van der Waals surface area contributed by atoms with Crippen molar-refractivity contribution < 1.29 is 5.11 Å². The van der Waals surface area contributed by atoms with Crippen molar-refractivity contribution in [2.45, 2.75) is 25.4 Å². The Morgan fingerprint density at radius 1 is 1.54 bits per heavy atom. The molecule has 72 valence electrons. The lowest BCUT2D eigenvalue weighted by atomic mass is 9.99. The summed E-state index contributed by atoms with van der Waals surface area (Å²) in [6.45, 7) is 0.0640. The number of H-pyrrole nitrogens is 1. The first-order valence-electron chi connectivity index (χ1n) is 4.63. The molecule has 0 radical (unpaired) electrons. The molecule has 0 spiro atoms. The van der Waals surface area contributed by atoms with Crippen LogP contribution in [0.1, 0.15) is 30.1 Å². The van der Waals surface area contributed by atoms with Gasteiger partial charge in [-0.1, -0.05) is 0 Å². The molecule has 0 saturated carbocycles. The molecule has 0 atom stereocenters. The van der Waals surface area contributed by atoms with Gasteiger partial charge in [0.25, 0.3) is 0 Å². The fourth-order valence-electron chi connectivity index (χ4n) is 1.66. The SMILES string of the molecule is OCc1cc(C2CCSCC2)n[nH]1. The maximum Gasteiger partial charge on any atom is 0.0847 e. The van der Waals surface area contributed by atoms with Gasteiger partial charge < -0.3 is 5.11 Å². The molecular weight excluding hydrogens is 184 g/mol. The normalized spacial score (nSPS) is 19.2. The van der Waals surface area contributed by atoms with Crippen LogP contribution in [0.15, 0.2) is 6.07 Å². The quantitative estimate of drug-likeness (QED) is 0.757. The van der Waals surface area contributed by atoms with Crippen LogP contribution in [0.5, 0.6) is 0 Å². The number of aliphatic hydroxyl groups is 1. The Balaban J connectivity index is 2.05. The molecule has 1 aromatic rings. The number of aliphatic hydroxyl groups excluding tert-OH is 1. The van der Waals surface area contributed by atoms with Gasteiger partial charge in [0.1, 0.15) is 0 Å². The first-order chi connectivity index (χ1) is 6.40. The average Bonchev–Trinajstić information content (AvgIpc) is 2.67. The van der Waals surface area contributed by atoms with E-state index in [0.717, 1.165) is 11.4 Å². The molecule has 2 heterocycles. The van der Waals surface area contributed by atoms with E-state index in [1.54, 1.807) is 0 Å². The van der Waals surface area contributed by atoms with E-state index >= 15 is 0 Å². The maximum absolute atomic E-state index is 8.87. The monoisotopic (exact) mass is 198 g/mol. The van der Waals surface area contributed by atoms with E-state index < -0.39 is 0 Å². The Hall–Kier alpha value is -0.480. The first-order valence-corrected chi connectivity index (χ1v) is 5.78. The topological polar surface area (TPSA) is 48.9 Å². The third-order valence-electron chi connectivity index (χ3n) is 2.46. The van der Waals surface area contributed by atoms with Crippen LogP contribution in [-0.2, 0) is 6.61 Å². The van der Waals surface area contributed by atoms with Crippen molar-refractivity contribution in [1.82, 2.24) is 10.2 Å². The van der Waals surface area contributed by atoms with Crippen LogP contribution in [0, 0.1) is 0 Å². The minimum Gasteiger partial charge on any atom is -0.390 e. The van der Waals surface area contributed by atoms with Crippen molar-refractivity contribution >= 4 is 11.8 Å². The molecule has 1 saturated heterocycles. The van der Waals surface area contributed by atoms with Crippen molar-refractivity contribution in [2.24, 2.45) is 0 Å². The van der Waals surface area contributed by atoms with E-state index in [0.29, 0.717) is 5.92 Å². The Morgan fingerprint density at radius 3 is 2.92 bits per heavy atom. The molecule has 2 rings (SSSR count). The van der Waals surface area contributed by atoms with E-state index in [1.807, 2.05) is 17.8 Å². The summed E-state index contributed by atoms with van der Waals surface area (Å²) < 4.78 is 0. The Kier molecular flexibility index (Phi) is 2.90. The van der Waals surface area contributed by atoms with Crippen molar-refractivity contribution in [3.63, 3.8) is 0 Å². The van der Waals surface area contributed by atoms with Gasteiger partial charge in [-0.05, 0) is 30.4 Å². The summed E-state index contributed by atoms with van der Waals surface area (Å²) in [4.78, 5) is 0. The zero-order valence-corrected chi connectivity index (χ0v) is 8.31. The molecule has 4 heteroatoms. The number of thioether (sulfide) groups is 1. The minimum atomic E-state index is 0.0640. The number of aromatic nitrogens is 2. The number of rotatable bonds is 2. The summed E-state index contributed by atoms with van der Waals surface area (Å²) in [6.07, 6.45) is 2.45. The first kappa shape index (κ1) is 9.09. The number of hydrogen-bond donors (Lipinski definition) is 2. The fourth-order valence-corrected chi connectivity index (χ4v) is 2.77. The van der Waals surface area contributed by atoms with Crippen molar-refractivity contribution in [2.75, 3.05) is 11.5 Å². The summed E-state index contributed by atoms with van der Waals surface area (Å²) >= 11 is 2.02. The highest BCUT2D eigenvalue weighted by Gasteiger charge is 2.17. The molecule has 1 aliphatic rings. The predicted octanol–water partition coefficient (Wildman–Crippen LogP) is 1.51. The lowest BCUT2D eigenvalue weighted by molar-refractivity contribution is 0.276. The molecule has 0 unspecified atom stereocenters. The molecule has 2 N–H and O–H groups in total. The van der Waals surface area contributed by atoms with Crippen molar-refractivity contribution in [1.29, 1.82) is 0 Å². The average molecular weight is 198 g/mol. The third-order valence-corrected chi connectivity index (χ3v) is 3.51. The van der Waals surface area contributed by atoms with Crippen LogP contribution < -0.4 is 0 Å². The van der Waals surface area contributed by atoms with E-state index in [4.69, 9.17) is 5.11 Å². The Bertz CT molecular complexity index is 268. The Morgan fingerprint density at radius 2 is 2.31 bits per heavy atom. The molecule has 3 nitrogen and oxygen atoms in total. The second-order valence-electron chi connectivity index (χ2n) is 3.36. The second-order valence-corrected chi connectivity index (χ2v) is 4.59. The van der Waals surface area contributed by atoms with Gasteiger partial charge in [-0.25, -0.2) is 0 Å². The molecule has 0 aromatic carbocycles. The molecule has 0 aliphatic carbocycles. The summed E-state index contributed by atoms with van der Waals surface area (Å²) in [5.41, 5.74) is 1.96. The van der Waals surface area contributed by atoms with Gasteiger partial charge in [-0.3, -0.25) is 5.10 Å². The molecule has 0 bridgehead atoms. The summed E-state index contributed by atoms with van der Waals surface area (Å²) in [6, 6.07) is 1.99. The van der Waals surface area contributed by atoms with E-state index in [1.165, 1.54) is 24.3 Å². The molecule has 1 aromatic heterocycles. The van der Waals surface area contributed by atoms with Crippen LogP contribution >= 0.6 is 11.8 Å². The van der Waals surface area contributed by atoms with E-state index in [2.05, 4.69) is 10.2 Å². The summed E-state index contributed by atoms with van der Waals surface area (Å²) in [5, 5.41) is 15.9. The molecular formula is C9H14N2OS. The van der Waals surface area contributed by atoms with Gasteiger partial charge in [0.2, 0.25) is 0 Å². The van der Waals surface area contributed by atoms with E-state index in [-0.39, 0.29) is 6.61 Å². The summed E-state index contributed by atoms with van der Waals surface area (Å²) in [5.74, 6) is 3.09. The zero-order chi connectivity index (χ0) is 9.10. The highest BCUT2D eigenvalue weighted by molar-refractivity contribution is 7.99. The van der Waals surface area contributed by atoms with Gasteiger partial charge in [0.15, 0.2) is 0 Å². The maximum atomic E-state index is 8.87.